The molecule has 9 nitrogen and oxygen atoms in total. The van der Waals surface area contributed by atoms with Crippen LogP contribution in [0.15, 0.2) is 42.5 Å². The van der Waals surface area contributed by atoms with E-state index in [0.717, 1.165) is 5.56 Å². The Balaban J connectivity index is 2.39. The van der Waals surface area contributed by atoms with Gasteiger partial charge in [-0.25, -0.2) is 0 Å². The molecule has 0 unspecified atom stereocenters. The first-order valence-electron chi connectivity index (χ1n) is 12.3. The zero-order valence-electron chi connectivity index (χ0n) is 21.1. The van der Waals surface area contributed by atoms with Crippen LogP contribution in [0.5, 0.6) is 0 Å². The molecule has 1 aliphatic heterocycles. The number of esters is 1. The van der Waals surface area contributed by atoms with Crippen molar-refractivity contribution in [3.05, 3.63) is 48.0 Å². The van der Waals surface area contributed by atoms with E-state index in [4.69, 9.17) is 4.74 Å². The lowest BCUT2D eigenvalue weighted by Gasteiger charge is -2.29. The summed E-state index contributed by atoms with van der Waals surface area (Å²) < 4.78 is 5.49. The molecule has 1 aromatic carbocycles. The second kappa shape index (κ2) is 15.7. The van der Waals surface area contributed by atoms with Crippen molar-refractivity contribution < 1.29 is 29.0 Å². The van der Waals surface area contributed by atoms with E-state index in [0.29, 0.717) is 12.2 Å². The summed E-state index contributed by atoms with van der Waals surface area (Å²) in [5.41, 5.74) is 0.812. The van der Waals surface area contributed by atoms with Gasteiger partial charge in [0.05, 0.1) is 25.0 Å². The third kappa shape index (κ3) is 10.4. The van der Waals surface area contributed by atoms with Crippen molar-refractivity contribution in [1.82, 2.24) is 16.0 Å². The van der Waals surface area contributed by atoms with Crippen LogP contribution in [0.2, 0.25) is 0 Å². The molecule has 1 saturated heterocycles. The highest BCUT2D eigenvalue weighted by Gasteiger charge is 2.33. The SMILES string of the molecule is CC(C)[C@H]1NC(=O)[C@@H](CS)NC(=O)[C@@H](Cc2ccccc2)NC(=O)C[C@@H](C=CCCS)OC(=O)C[C@@H]1O. The van der Waals surface area contributed by atoms with Gasteiger partial charge in [-0.3, -0.25) is 19.2 Å². The molecule has 0 radical (unpaired) electrons. The van der Waals surface area contributed by atoms with E-state index in [1.54, 1.807) is 26.0 Å². The van der Waals surface area contributed by atoms with Crippen LogP contribution in [0.4, 0.5) is 0 Å². The molecule has 2 rings (SSSR count). The van der Waals surface area contributed by atoms with Gasteiger partial charge in [-0.15, -0.1) is 0 Å². The summed E-state index contributed by atoms with van der Waals surface area (Å²) in [6, 6.07) is 6.37. The van der Waals surface area contributed by atoms with Crippen LogP contribution in [-0.2, 0) is 30.3 Å². The van der Waals surface area contributed by atoms with E-state index in [2.05, 4.69) is 41.2 Å². The number of rotatable bonds is 7. The smallest absolute Gasteiger partial charge is 0.309 e. The summed E-state index contributed by atoms with van der Waals surface area (Å²) >= 11 is 8.38. The Morgan fingerprint density at radius 1 is 1.00 bits per heavy atom. The number of ether oxygens (including phenoxy) is 1. The minimum Gasteiger partial charge on any atom is -0.457 e. The Hall–Kier alpha value is -2.50. The largest absolute Gasteiger partial charge is 0.457 e. The molecular formula is C26H37N3O6S2. The van der Waals surface area contributed by atoms with Gasteiger partial charge < -0.3 is 25.8 Å². The molecule has 1 fully saturated rings. The predicted octanol–water partition coefficient (Wildman–Crippen LogP) is 1.21. The van der Waals surface area contributed by atoms with Crippen LogP contribution in [0.3, 0.4) is 0 Å². The maximum Gasteiger partial charge on any atom is 0.309 e. The van der Waals surface area contributed by atoms with E-state index >= 15 is 0 Å². The van der Waals surface area contributed by atoms with Gasteiger partial charge in [0.25, 0.3) is 0 Å². The number of benzene rings is 1. The molecule has 0 aliphatic carbocycles. The summed E-state index contributed by atoms with van der Waals surface area (Å²) in [6.45, 7) is 3.59. The molecule has 204 valence electrons. The van der Waals surface area contributed by atoms with Gasteiger partial charge in [-0.05, 0) is 29.7 Å². The van der Waals surface area contributed by atoms with E-state index in [1.165, 1.54) is 0 Å². The van der Waals surface area contributed by atoms with Crippen molar-refractivity contribution >= 4 is 48.9 Å². The number of carbonyl (C=O) groups is 4. The molecule has 5 atom stereocenters. The normalized spacial score (nSPS) is 26.6. The maximum atomic E-state index is 13.2. The highest BCUT2D eigenvalue weighted by atomic mass is 32.1. The number of aliphatic hydroxyl groups is 1. The molecular weight excluding hydrogens is 514 g/mol. The molecule has 0 spiro atoms. The van der Waals surface area contributed by atoms with Gasteiger partial charge in [0.1, 0.15) is 18.2 Å². The Labute approximate surface area is 229 Å². The number of nitrogens with one attached hydrogen (secondary N) is 3. The van der Waals surface area contributed by atoms with Crippen LogP contribution < -0.4 is 16.0 Å². The summed E-state index contributed by atoms with van der Waals surface area (Å²) in [4.78, 5) is 51.9. The quantitative estimate of drug-likeness (QED) is 0.171. The minimum absolute atomic E-state index is 0.00938. The van der Waals surface area contributed by atoms with Crippen LogP contribution in [0.1, 0.15) is 38.7 Å². The highest BCUT2D eigenvalue weighted by Crippen LogP contribution is 2.14. The first kappa shape index (κ1) is 30.7. The van der Waals surface area contributed by atoms with E-state index in [-0.39, 0.29) is 30.9 Å². The fourth-order valence-corrected chi connectivity index (χ4v) is 4.33. The Bertz CT molecular complexity index is 943. The number of aliphatic hydroxyl groups excluding tert-OH is 1. The van der Waals surface area contributed by atoms with Crippen molar-refractivity contribution in [2.75, 3.05) is 11.5 Å². The Kier molecular flexibility index (Phi) is 13.0. The molecule has 0 saturated carbocycles. The van der Waals surface area contributed by atoms with Crippen molar-refractivity contribution in [2.45, 2.75) is 69.9 Å². The van der Waals surface area contributed by atoms with E-state index in [9.17, 15) is 24.3 Å². The zero-order chi connectivity index (χ0) is 27.4. The Morgan fingerprint density at radius 3 is 2.30 bits per heavy atom. The van der Waals surface area contributed by atoms with E-state index < -0.39 is 54.0 Å². The zero-order valence-corrected chi connectivity index (χ0v) is 22.9. The van der Waals surface area contributed by atoms with Crippen LogP contribution in [-0.4, -0.2) is 70.6 Å². The molecule has 4 N–H and O–H groups in total. The number of hydrogen-bond acceptors (Lipinski definition) is 8. The Morgan fingerprint density at radius 2 is 1.68 bits per heavy atom. The van der Waals surface area contributed by atoms with Gasteiger partial charge >= 0.3 is 5.97 Å². The van der Waals surface area contributed by atoms with Gasteiger partial charge in [0.15, 0.2) is 0 Å². The molecule has 1 aliphatic rings. The summed E-state index contributed by atoms with van der Waals surface area (Å²) in [5, 5.41) is 18.9. The van der Waals surface area contributed by atoms with Gasteiger partial charge in [-0.2, -0.15) is 25.3 Å². The molecule has 1 heterocycles. The van der Waals surface area contributed by atoms with Crippen LogP contribution in [0.25, 0.3) is 0 Å². The van der Waals surface area contributed by atoms with Gasteiger partial charge in [0, 0.05) is 12.2 Å². The summed E-state index contributed by atoms with van der Waals surface area (Å²) in [5.74, 6) is -1.99. The third-order valence-electron chi connectivity index (χ3n) is 5.88. The number of thiol groups is 2. The first-order valence-corrected chi connectivity index (χ1v) is 13.6. The van der Waals surface area contributed by atoms with Gasteiger partial charge in [-0.1, -0.05) is 50.3 Å². The van der Waals surface area contributed by atoms with Crippen LogP contribution >= 0.6 is 25.3 Å². The minimum atomic E-state index is -1.24. The van der Waals surface area contributed by atoms with Crippen molar-refractivity contribution in [2.24, 2.45) is 5.92 Å². The van der Waals surface area contributed by atoms with Crippen molar-refractivity contribution in [3.8, 4) is 0 Å². The number of allylic oxidation sites excluding steroid dienone is 1. The lowest BCUT2D eigenvalue weighted by molar-refractivity contribution is -0.151. The fourth-order valence-electron chi connectivity index (χ4n) is 3.92. The van der Waals surface area contributed by atoms with Crippen LogP contribution in [0, 0.1) is 5.92 Å². The fraction of sp³-hybridized carbons (Fsp3) is 0.538. The standard InChI is InChI=1S/C26H37N3O6S2/c1-16(2)24-21(30)14-23(32)35-18(10-6-7-11-36)13-22(31)27-19(12-17-8-4-3-5-9-17)25(33)28-20(15-37)26(34)29-24/h3-6,8-10,16,18-21,24,30,36-37H,7,11-15H2,1-2H3,(H,27,31)(H,28,33)(H,29,34)/t18-,19-,20-,21+,24-/m1/s1. The maximum absolute atomic E-state index is 13.2. The number of cyclic esters (lactones) is 1. The van der Waals surface area contributed by atoms with Crippen molar-refractivity contribution in [1.29, 1.82) is 0 Å². The number of carbonyl (C=O) groups excluding carboxylic acids is 4. The lowest BCUT2D eigenvalue weighted by Crippen LogP contribution is -2.58. The predicted molar refractivity (Wildman–Crippen MR) is 147 cm³/mol. The topological polar surface area (TPSA) is 134 Å². The molecule has 3 amide bonds. The molecule has 37 heavy (non-hydrogen) atoms. The highest BCUT2D eigenvalue weighted by molar-refractivity contribution is 7.80. The second-order valence-corrected chi connectivity index (χ2v) is 10.1. The molecule has 11 heteroatoms. The average molecular weight is 552 g/mol. The molecule has 1 aromatic rings. The molecule has 0 aromatic heterocycles. The first-order chi connectivity index (χ1) is 17.6. The number of amides is 3. The summed E-state index contributed by atoms with van der Waals surface area (Å²) in [7, 11) is 0. The van der Waals surface area contributed by atoms with Gasteiger partial charge in [0.2, 0.25) is 17.7 Å². The second-order valence-electron chi connectivity index (χ2n) is 9.28. The third-order valence-corrected chi connectivity index (χ3v) is 6.51. The number of hydrogen-bond donors (Lipinski definition) is 6. The van der Waals surface area contributed by atoms with Crippen molar-refractivity contribution in [3.63, 3.8) is 0 Å². The molecule has 0 bridgehead atoms. The lowest BCUT2D eigenvalue weighted by atomic mass is 9.96. The van der Waals surface area contributed by atoms with E-state index in [1.807, 2.05) is 30.3 Å². The monoisotopic (exact) mass is 551 g/mol. The summed E-state index contributed by atoms with van der Waals surface area (Å²) in [6.07, 6.45) is 1.41. The average Bonchev–Trinajstić information content (AvgIpc) is 2.85.